The summed E-state index contributed by atoms with van der Waals surface area (Å²) in [6.45, 7) is 3.08. The van der Waals surface area contributed by atoms with Crippen LogP contribution >= 0.6 is 0 Å². The molecule has 0 bridgehead atoms. The molecular weight excluding hydrogens is 276 g/mol. The summed E-state index contributed by atoms with van der Waals surface area (Å²) in [5.41, 5.74) is 5.80. The molecule has 3 atom stereocenters. The highest BCUT2D eigenvalue weighted by Crippen LogP contribution is 2.32. The predicted octanol–water partition coefficient (Wildman–Crippen LogP) is 0.787. The summed E-state index contributed by atoms with van der Waals surface area (Å²) in [7, 11) is -2.95. The third kappa shape index (κ3) is 3.34. The molecule has 2 aliphatic rings. The lowest BCUT2D eigenvalue weighted by atomic mass is 9.78. The number of rotatable bonds is 4. The standard InChI is InChI=1S/C14H26N2O3S/c1-2-16(12-7-8-20(18,19)10-12)14(17)13-6-4-3-5-11(13)9-15/h11-13H,2-10,15H2,1H3. The van der Waals surface area contributed by atoms with Crippen molar-refractivity contribution in [3.63, 3.8) is 0 Å². The molecule has 116 valence electrons. The summed E-state index contributed by atoms with van der Waals surface area (Å²) >= 11 is 0. The van der Waals surface area contributed by atoms with Crippen LogP contribution in [0.2, 0.25) is 0 Å². The van der Waals surface area contributed by atoms with E-state index in [9.17, 15) is 13.2 Å². The first-order valence-electron chi connectivity index (χ1n) is 7.69. The maximum absolute atomic E-state index is 12.8. The lowest BCUT2D eigenvalue weighted by Crippen LogP contribution is -2.47. The fourth-order valence-electron chi connectivity index (χ4n) is 3.64. The van der Waals surface area contributed by atoms with E-state index in [-0.39, 0.29) is 35.3 Å². The maximum atomic E-state index is 12.8. The first-order valence-corrected chi connectivity index (χ1v) is 9.51. The fourth-order valence-corrected chi connectivity index (χ4v) is 5.37. The Morgan fingerprint density at radius 1 is 1.25 bits per heavy atom. The van der Waals surface area contributed by atoms with Gasteiger partial charge in [-0.1, -0.05) is 12.8 Å². The Balaban J connectivity index is 2.08. The topological polar surface area (TPSA) is 80.5 Å². The largest absolute Gasteiger partial charge is 0.339 e. The van der Waals surface area contributed by atoms with Crippen molar-refractivity contribution in [3.8, 4) is 0 Å². The van der Waals surface area contributed by atoms with Crippen molar-refractivity contribution < 1.29 is 13.2 Å². The summed E-state index contributed by atoms with van der Waals surface area (Å²) in [4.78, 5) is 14.6. The maximum Gasteiger partial charge on any atom is 0.226 e. The molecule has 0 radical (unpaired) electrons. The summed E-state index contributed by atoms with van der Waals surface area (Å²) < 4.78 is 23.2. The van der Waals surface area contributed by atoms with Crippen molar-refractivity contribution in [3.05, 3.63) is 0 Å². The lowest BCUT2D eigenvalue weighted by molar-refractivity contribution is -0.140. The van der Waals surface area contributed by atoms with Crippen molar-refractivity contribution in [1.29, 1.82) is 0 Å². The van der Waals surface area contributed by atoms with Crippen LogP contribution in [-0.4, -0.2) is 49.9 Å². The number of hydrogen-bond donors (Lipinski definition) is 1. The van der Waals surface area contributed by atoms with Crippen molar-refractivity contribution in [2.45, 2.75) is 45.1 Å². The summed E-state index contributed by atoms with van der Waals surface area (Å²) in [6, 6.07) is -0.127. The molecular formula is C14H26N2O3S. The summed E-state index contributed by atoms with van der Waals surface area (Å²) in [6.07, 6.45) is 4.73. The van der Waals surface area contributed by atoms with E-state index >= 15 is 0 Å². The zero-order valence-electron chi connectivity index (χ0n) is 12.3. The Labute approximate surface area is 121 Å². The van der Waals surface area contributed by atoms with E-state index in [4.69, 9.17) is 5.73 Å². The van der Waals surface area contributed by atoms with Crippen LogP contribution < -0.4 is 5.73 Å². The number of hydrogen-bond acceptors (Lipinski definition) is 4. The first-order chi connectivity index (χ1) is 9.48. The first kappa shape index (κ1) is 15.8. The molecule has 3 unspecified atom stereocenters. The minimum Gasteiger partial charge on any atom is -0.339 e. The molecule has 1 amide bonds. The number of nitrogens with zero attached hydrogens (tertiary/aromatic N) is 1. The van der Waals surface area contributed by atoms with E-state index in [1.807, 2.05) is 6.92 Å². The number of carbonyl (C=O) groups is 1. The van der Waals surface area contributed by atoms with Crippen LogP contribution in [0.15, 0.2) is 0 Å². The Morgan fingerprint density at radius 3 is 2.50 bits per heavy atom. The van der Waals surface area contributed by atoms with E-state index in [0.717, 1.165) is 25.7 Å². The quantitative estimate of drug-likeness (QED) is 0.832. The third-order valence-corrected chi connectivity index (χ3v) is 6.55. The van der Waals surface area contributed by atoms with Gasteiger partial charge in [0.1, 0.15) is 0 Å². The van der Waals surface area contributed by atoms with Crippen LogP contribution in [0.1, 0.15) is 39.0 Å². The van der Waals surface area contributed by atoms with Crippen LogP contribution in [-0.2, 0) is 14.6 Å². The average molecular weight is 302 g/mol. The van der Waals surface area contributed by atoms with Crippen LogP contribution in [0.5, 0.6) is 0 Å². The van der Waals surface area contributed by atoms with Gasteiger partial charge >= 0.3 is 0 Å². The van der Waals surface area contributed by atoms with E-state index < -0.39 is 9.84 Å². The van der Waals surface area contributed by atoms with Gasteiger partial charge in [0.05, 0.1) is 11.5 Å². The normalized spacial score (nSPS) is 33.0. The molecule has 0 spiro atoms. The van der Waals surface area contributed by atoms with Gasteiger partial charge in [-0.05, 0) is 38.6 Å². The van der Waals surface area contributed by atoms with Gasteiger partial charge in [-0.3, -0.25) is 4.79 Å². The number of amides is 1. The third-order valence-electron chi connectivity index (χ3n) is 4.80. The summed E-state index contributed by atoms with van der Waals surface area (Å²) in [5, 5.41) is 0. The smallest absolute Gasteiger partial charge is 0.226 e. The SMILES string of the molecule is CCN(C(=O)C1CCCCC1CN)C1CCS(=O)(=O)C1. The van der Waals surface area contributed by atoms with Crippen LogP contribution in [0.3, 0.4) is 0 Å². The lowest BCUT2D eigenvalue weighted by Gasteiger charge is -2.36. The van der Waals surface area contributed by atoms with Crippen molar-refractivity contribution >= 4 is 15.7 Å². The molecule has 0 aromatic carbocycles. The predicted molar refractivity (Wildman–Crippen MR) is 78.9 cm³/mol. The molecule has 20 heavy (non-hydrogen) atoms. The highest BCUT2D eigenvalue weighted by atomic mass is 32.2. The van der Waals surface area contributed by atoms with Crippen molar-refractivity contribution in [2.24, 2.45) is 17.6 Å². The van der Waals surface area contributed by atoms with Gasteiger partial charge in [-0.2, -0.15) is 0 Å². The molecule has 2 rings (SSSR count). The zero-order chi connectivity index (χ0) is 14.8. The zero-order valence-corrected chi connectivity index (χ0v) is 13.1. The number of sulfone groups is 1. The Hall–Kier alpha value is -0.620. The minimum atomic E-state index is -2.95. The van der Waals surface area contributed by atoms with Gasteiger partial charge in [-0.25, -0.2) is 8.42 Å². The second-order valence-electron chi connectivity index (χ2n) is 6.07. The van der Waals surface area contributed by atoms with Gasteiger partial charge in [-0.15, -0.1) is 0 Å². The highest BCUT2D eigenvalue weighted by molar-refractivity contribution is 7.91. The molecule has 5 nitrogen and oxygen atoms in total. The van der Waals surface area contributed by atoms with Crippen LogP contribution in [0.25, 0.3) is 0 Å². The van der Waals surface area contributed by atoms with Crippen molar-refractivity contribution in [1.82, 2.24) is 4.90 Å². The summed E-state index contributed by atoms with van der Waals surface area (Å²) in [5.74, 6) is 0.740. The van der Waals surface area contributed by atoms with Gasteiger partial charge in [0, 0.05) is 18.5 Å². The van der Waals surface area contributed by atoms with E-state index in [2.05, 4.69) is 0 Å². The Bertz CT molecular complexity index is 449. The van der Waals surface area contributed by atoms with Gasteiger partial charge in [0.15, 0.2) is 9.84 Å². The van der Waals surface area contributed by atoms with Crippen LogP contribution in [0, 0.1) is 11.8 Å². The Kier molecular flexibility index (Phi) is 5.07. The molecule has 1 aliphatic heterocycles. The monoisotopic (exact) mass is 302 g/mol. The second-order valence-corrected chi connectivity index (χ2v) is 8.30. The minimum absolute atomic E-state index is 0.00277. The van der Waals surface area contributed by atoms with Gasteiger partial charge in [0.25, 0.3) is 0 Å². The van der Waals surface area contributed by atoms with Crippen molar-refractivity contribution in [2.75, 3.05) is 24.6 Å². The molecule has 2 N–H and O–H groups in total. The molecule has 0 aromatic rings. The molecule has 1 saturated heterocycles. The molecule has 2 fully saturated rings. The molecule has 1 saturated carbocycles. The molecule has 1 heterocycles. The Morgan fingerprint density at radius 2 is 1.95 bits per heavy atom. The molecule has 1 aliphatic carbocycles. The second kappa shape index (κ2) is 6.43. The van der Waals surface area contributed by atoms with Gasteiger partial charge < -0.3 is 10.6 Å². The number of carbonyl (C=O) groups excluding carboxylic acids is 1. The van der Waals surface area contributed by atoms with Crippen LogP contribution in [0.4, 0.5) is 0 Å². The average Bonchev–Trinajstić information content (AvgIpc) is 2.79. The molecule has 6 heteroatoms. The number of nitrogens with two attached hydrogens (primary N) is 1. The van der Waals surface area contributed by atoms with E-state index in [0.29, 0.717) is 19.5 Å². The van der Waals surface area contributed by atoms with Gasteiger partial charge in [0.2, 0.25) is 5.91 Å². The fraction of sp³-hybridized carbons (Fsp3) is 0.929. The van der Waals surface area contributed by atoms with E-state index in [1.165, 1.54) is 0 Å². The highest BCUT2D eigenvalue weighted by Gasteiger charge is 2.38. The van der Waals surface area contributed by atoms with E-state index in [1.54, 1.807) is 4.90 Å². The molecule has 0 aromatic heterocycles.